The molecule has 8 aromatic carbocycles. The first-order valence-corrected chi connectivity index (χ1v) is 19.8. The number of furan rings is 1. The van der Waals surface area contributed by atoms with Crippen molar-refractivity contribution in [3.63, 3.8) is 0 Å². The van der Waals surface area contributed by atoms with Crippen molar-refractivity contribution < 1.29 is 4.42 Å². The highest BCUT2D eigenvalue weighted by Gasteiger charge is 2.18. The van der Waals surface area contributed by atoms with E-state index in [2.05, 4.69) is 114 Å². The Hall–Kier alpha value is -7.41. The minimum absolute atomic E-state index is 0.619. The first kappa shape index (κ1) is 31.9. The molecule has 5 nitrogen and oxygen atoms in total. The molecule has 0 saturated heterocycles. The van der Waals surface area contributed by atoms with Crippen molar-refractivity contribution in [1.82, 2.24) is 19.5 Å². The molecular formula is C51H30N4OS. The van der Waals surface area contributed by atoms with Crippen LogP contribution in [0.3, 0.4) is 0 Å². The summed E-state index contributed by atoms with van der Waals surface area (Å²) in [5, 5.41) is 7.15. The second kappa shape index (κ2) is 12.6. The molecule has 0 radical (unpaired) electrons. The van der Waals surface area contributed by atoms with E-state index in [1.807, 2.05) is 84.1 Å². The molecular weight excluding hydrogens is 717 g/mol. The topological polar surface area (TPSA) is 56.7 Å². The highest BCUT2D eigenvalue weighted by Crippen LogP contribution is 2.43. The third-order valence-corrected chi connectivity index (χ3v) is 12.3. The Morgan fingerprint density at radius 3 is 1.61 bits per heavy atom. The first-order valence-electron chi connectivity index (χ1n) is 19.0. The van der Waals surface area contributed by atoms with Crippen LogP contribution >= 0.6 is 11.3 Å². The molecule has 0 aliphatic carbocycles. The van der Waals surface area contributed by atoms with E-state index in [9.17, 15) is 0 Å². The minimum atomic E-state index is 0.619. The van der Waals surface area contributed by atoms with Crippen LogP contribution in [0.15, 0.2) is 186 Å². The summed E-state index contributed by atoms with van der Waals surface area (Å²) < 4.78 is 11.5. The Kier molecular flexibility index (Phi) is 7.03. The van der Waals surface area contributed by atoms with Crippen LogP contribution in [0.2, 0.25) is 0 Å². The molecule has 0 saturated carbocycles. The van der Waals surface area contributed by atoms with Crippen molar-refractivity contribution in [2.45, 2.75) is 0 Å². The summed E-state index contributed by atoms with van der Waals surface area (Å²) in [5.41, 5.74) is 10.4. The van der Waals surface area contributed by atoms with Gasteiger partial charge in [0.25, 0.3) is 0 Å². The van der Waals surface area contributed by atoms with E-state index in [1.54, 1.807) is 0 Å². The molecule has 0 amide bonds. The molecule has 12 rings (SSSR count). The van der Waals surface area contributed by atoms with Crippen LogP contribution in [-0.4, -0.2) is 19.5 Å². The fourth-order valence-electron chi connectivity index (χ4n) is 8.35. The number of hydrogen-bond acceptors (Lipinski definition) is 5. The third kappa shape index (κ3) is 5.12. The van der Waals surface area contributed by atoms with Gasteiger partial charge in [0.1, 0.15) is 11.2 Å². The van der Waals surface area contributed by atoms with Gasteiger partial charge in [-0.05, 0) is 65.7 Å². The van der Waals surface area contributed by atoms with E-state index in [4.69, 9.17) is 19.4 Å². The number of fused-ring (bicyclic) bond motifs is 9. The van der Waals surface area contributed by atoms with Gasteiger partial charge in [0, 0.05) is 53.7 Å². The molecule has 6 heteroatoms. The predicted octanol–water partition coefficient (Wildman–Crippen LogP) is 13.9. The van der Waals surface area contributed by atoms with Crippen LogP contribution in [-0.2, 0) is 0 Å². The molecule has 0 atom stereocenters. The number of rotatable bonds is 5. The number of hydrogen-bond donors (Lipinski definition) is 0. The average Bonchev–Trinajstić information content (AvgIpc) is 3.95. The molecule has 0 spiro atoms. The molecule has 0 bridgehead atoms. The van der Waals surface area contributed by atoms with E-state index in [-0.39, 0.29) is 0 Å². The number of benzene rings is 8. The molecule has 0 aliphatic heterocycles. The number of thiophene rings is 1. The number of para-hydroxylation sites is 2. The molecule has 0 aliphatic rings. The molecule has 0 N–H and O–H groups in total. The van der Waals surface area contributed by atoms with Gasteiger partial charge in [-0.3, -0.25) is 0 Å². The highest BCUT2D eigenvalue weighted by atomic mass is 32.1. The first-order chi connectivity index (χ1) is 28.2. The molecule has 12 aromatic rings. The van der Waals surface area contributed by atoms with E-state index in [1.165, 1.54) is 47.7 Å². The second-order valence-corrected chi connectivity index (χ2v) is 15.5. The smallest absolute Gasteiger partial charge is 0.164 e. The molecule has 57 heavy (non-hydrogen) atoms. The van der Waals surface area contributed by atoms with Gasteiger partial charge in [-0.25, -0.2) is 15.0 Å². The van der Waals surface area contributed by atoms with Gasteiger partial charge in [-0.2, -0.15) is 0 Å². The van der Waals surface area contributed by atoms with E-state index in [0.29, 0.717) is 17.5 Å². The zero-order chi connectivity index (χ0) is 37.5. The monoisotopic (exact) mass is 746 g/mol. The lowest BCUT2D eigenvalue weighted by Crippen LogP contribution is -2.00. The molecule has 4 aromatic heterocycles. The van der Waals surface area contributed by atoms with Gasteiger partial charge in [0.15, 0.2) is 17.5 Å². The summed E-state index contributed by atoms with van der Waals surface area (Å²) in [6.45, 7) is 0. The predicted molar refractivity (Wildman–Crippen MR) is 236 cm³/mol. The number of aromatic nitrogens is 4. The Morgan fingerprint density at radius 1 is 0.368 bits per heavy atom. The van der Waals surface area contributed by atoms with Gasteiger partial charge < -0.3 is 8.98 Å². The Bertz CT molecular complexity index is 3420. The van der Waals surface area contributed by atoms with Gasteiger partial charge in [0.2, 0.25) is 0 Å². The summed E-state index contributed by atoms with van der Waals surface area (Å²) in [6.07, 6.45) is 0. The van der Waals surface area contributed by atoms with Gasteiger partial charge in [0.05, 0.1) is 21.4 Å². The van der Waals surface area contributed by atoms with Crippen molar-refractivity contribution in [1.29, 1.82) is 0 Å². The van der Waals surface area contributed by atoms with Crippen LogP contribution in [0.25, 0.3) is 115 Å². The lowest BCUT2D eigenvalue weighted by Gasteiger charge is -2.09. The molecule has 0 unspecified atom stereocenters. The van der Waals surface area contributed by atoms with Crippen molar-refractivity contribution in [3.05, 3.63) is 182 Å². The summed E-state index contributed by atoms with van der Waals surface area (Å²) in [6, 6.07) is 63.8. The molecule has 0 fully saturated rings. The maximum atomic E-state index is 6.50. The van der Waals surface area contributed by atoms with Crippen LogP contribution in [0.5, 0.6) is 0 Å². The maximum Gasteiger partial charge on any atom is 0.164 e. The van der Waals surface area contributed by atoms with Crippen LogP contribution in [0, 0.1) is 0 Å². The minimum Gasteiger partial charge on any atom is -0.456 e. The standard InChI is InChI=1S/C51H30N4OS/c1-3-12-31(13-4-1)49-52-50(32-14-5-2-6-15-32)54-51(53-49)35-24-27-45-41(28-35)38-25-22-33(29-46(38)56-45)34-23-26-39-40-18-11-21-44(48(40)57-47(39)30-34)55-42-19-9-7-16-36(42)37-17-8-10-20-43(37)55/h1-30H. The number of nitrogens with zero attached hydrogens (tertiary/aromatic N) is 4. The van der Waals surface area contributed by atoms with Crippen LogP contribution in [0.1, 0.15) is 0 Å². The second-order valence-electron chi connectivity index (χ2n) is 14.4. The zero-order valence-corrected chi connectivity index (χ0v) is 31.2. The summed E-state index contributed by atoms with van der Waals surface area (Å²) in [4.78, 5) is 14.8. The summed E-state index contributed by atoms with van der Waals surface area (Å²) in [7, 11) is 0. The van der Waals surface area contributed by atoms with Gasteiger partial charge >= 0.3 is 0 Å². The van der Waals surface area contributed by atoms with E-state index in [0.717, 1.165) is 49.8 Å². The van der Waals surface area contributed by atoms with Gasteiger partial charge in [-0.15, -0.1) is 11.3 Å². The quantitative estimate of drug-likeness (QED) is 0.176. The van der Waals surface area contributed by atoms with Crippen molar-refractivity contribution in [3.8, 4) is 51.0 Å². The Balaban J connectivity index is 0.946. The Labute approximate surface area is 330 Å². The lowest BCUT2D eigenvalue weighted by atomic mass is 10.0. The van der Waals surface area contributed by atoms with E-state index >= 15 is 0 Å². The average molecular weight is 747 g/mol. The maximum absolute atomic E-state index is 6.50. The van der Waals surface area contributed by atoms with Crippen LogP contribution < -0.4 is 0 Å². The third-order valence-electron chi connectivity index (χ3n) is 11.1. The molecule has 266 valence electrons. The molecule has 4 heterocycles. The van der Waals surface area contributed by atoms with Crippen molar-refractivity contribution >= 4 is 75.3 Å². The zero-order valence-electron chi connectivity index (χ0n) is 30.4. The SMILES string of the molecule is c1ccc(-c2nc(-c3ccccc3)nc(-c3ccc4oc5cc(-c6ccc7c(c6)sc6c(-n8c9ccccc9c9ccccc98)cccc67)ccc5c4c3)n2)cc1. The highest BCUT2D eigenvalue weighted by molar-refractivity contribution is 7.26. The Morgan fingerprint density at radius 2 is 0.930 bits per heavy atom. The fraction of sp³-hybridized carbons (Fsp3) is 0. The summed E-state index contributed by atoms with van der Waals surface area (Å²) >= 11 is 1.86. The van der Waals surface area contributed by atoms with E-state index < -0.39 is 0 Å². The van der Waals surface area contributed by atoms with Crippen LogP contribution in [0.4, 0.5) is 0 Å². The largest absolute Gasteiger partial charge is 0.456 e. The van der Waals surface area contributed by atoms with Crippen molar-refractivity contribution in [2.24, 2.45) is 0 Å². The normalized spacial score (nSPS) is 11.9. The van der Waals surface area contributed by atoms with Crippen molar-refractivity contribution in [2.75, 3.05) is 0 Å². The lowest BCUT2D eigenvalue weighted by molar-refractivity contribution is 0.669. The summed E-state index contributed by atoms with van der Waals surface area (Å²) in [5.74, 6) is 1.90. The fourth-order valence-corrected chi connectivity index (χ4v) is 9.60. The van der Waals surface area contributed by atoms with Gasteiger partial charge in [-0.1, -0.05) is 127 Å².